The lowest BCUT2D eigenvalue weighted by molar-refractivity contribution is -0.139. The predicted molar refractivity (Wildman–Crippen MR) is 126 cm³/mol. The number of benzene rings is 2. The van der Waals surface area contributed by atoms with E-state index in [9.17, 15) is 9.59 Å². The number of hydrogen-bond acceptors (Lipinski definition) is 3. The van der Waals surface area contributed by atoms with Crippen molar-refractivity contribution in [1.82, 2.24) is 10.2 Å². The standard InChI is InChI=1S/C25H34N2O2S/c1-5-7-15-26-25(29)23(6-2)27(17-21-10-8-9-20(4)16-21)24(28)18-30-22-13-11-19(3)12-14-22/h8-14,16,23H,5-7,15,17-18H2,1-4H3,(H,26,29)/t23-/m1/s1. The minimum absolute atomic E-state index is 0.0143. The highest BCUT2D eigenvalue weighted by Gasteiger charge is 2.28. The van der Waals surface area contributed by atoms with Crippen molar-refractivity contribution < 1.29 is 9.59 Å². The van der Waals surface area contributed by atoms with Crippen LogP contribution in [-0.2, 0) is 16.1 Å². The average Bonchev–Trinajstić information content (AvgIpc) is 2.73. The number of thioether (sulfide) groups is 1. The average molecular weight is 427 g/mol. The highest BCUT2D eigenvalue weighted by molar-refractivity contribution is 8.00. The van der Waals surface area contributed by atoms with Gasteiger partial charge < -0.3 is 10.2 Å². The number of unbranched alkanes of at least 4 members (excludes halogenated alkanes) is 1. The van der Waals surface area contributed by atoms with E-state index in [2.05, 4.69) is 18.3 Å². The van der Waals surface area contributed by atoms with Crippen LogP contribution in [0.15, 0.2) is 53.4 Å². The first-order valence-electron chi connectivity index (χ1n) is 10.8. The molecule has 0 saturated heterocycles. The van der Waals surface area contributed by atoms with E-state index in [0.717, 1.165) is 28.9 Å². The number of aryl methyl sites for hydroxylation is 2. The van der Waals surface area contributed by atoms with Crippen molar-refractivity contribution in [3.8, 4) is 0 Å². The van der Waals surface area contributed by atoms with Crippen LogP contribution >= 0.6 is 11.8 Å². The van der Waals surface area contributed by atoms with Gasteiger partial charge in [0, 0.05) is 18.0 Å². The maximum atomic E-state index is 13.2. The van der Waals surface area contributed by atoms with E-state index >= 15 is 0 Å². The molecule has 0 aliphatic carbocycles. The Labute approximate surface area is 185 Å². The Morgan fingerprint density at radius 1 is 1.03 bits per heavy atom. The molecule has 2 aromatic rings. The number of nitrogens with zero attached hydrogens (tertiary/aromatic N) is 1. The van der Waals surface area contributed by atoms with Gasteiger partial charge in [-0.25, -0.2) is 0 Å². The molecule has 0 unspecified atom stereocenters. The van der Waals surface area contributed by atoms with Gasteiger partial charge in [-0.1, -0.05) is 67.8 Å². The fourth-order valence-corrected chi connectivity index (χ4v) is 4.08. The van der Waals surface area contributed by atoms with Crippen LogP contribution < -0.4 is 5.32 Å². The molecule has 2 amide bonds. The fourth-order valence-electron chi connectivity index (χ4n) is 3.30. The van der Waals surface area contributed by atoms with Gasteiger partial charge in [-0.3, -0.25) is 9.59 Å². The molecule has 0 bridgehead atoms. The minimum atomic E-state index is -0.464. The molecule has 0 spiro atoms. The van der Waals surface area contributed by atoms with Crippen LogP contribution in [-0.4, -0.2) is 35.1 Å². The topological polar surface area (TPSA) is 49.4 Å². The van der Waals surface area contributed by atoms with Crippen molar-refractivity contribution in [2.24, 2.45) is 0 Å². The van der Waals surface area contributed by atoms with E-state index in [4.69, 9.17) is 0 Å². The maximum absolute atomic E-state index is 13.2. The molecule has 2 aromatic carbocycles. The maximum Gasteiger partial charge on any atom is 0.242 e. The van der Waals surface area contributed by atoms with Crippen LogP contribution in [0, 0.1) is 13.8 Å². The number of rotatable bonds is 11. The lowest BCUT2D eigenvalue weighted by atomic mass is 10.1. The van der Waals surface area contributed by atoms with Gasteiger partial charge in [0.25, 0.3) is 0 Å². The SMILES string of the molecule is CCCCNC(=O)[C@@H](CC)N(Cc1cccc(C)c1)C(=O)CSc1ccc(C)cc1. The highest BCUT2D eigenvalue weighted by Crippen LogP contribution is 2.21. The molecule has 0 fully saturated rings. The summed E-state index contributed by atoms with van der Waals surface area (Å²) in [7, 11) is 0. The number of nitrogens with one attached hydrogen (secondary N) is 1. The smallest absolute Gasteiger partial charge is 0.242 e. The second kappa shape index (κ2) is 12.4. The van der Waals surface area contributed by atoms with E-state index < -0.39 is 6.04 Å². The number of amides is 2. The summed E-state index contributed by atoms with van der Waals surface area (Å²) in [5.41, 5.74) is 3.39. The summed E-state index contributed by atoms with van der Waals surface area (Å²) in [6.07, 6.45) is 2.55. The van der Waals surface area contributed by atoms with Crippen LogP contribution in [0.1, 0.15) is 49.8 Å². The summed E-state index contributed by atoms with van der Waals surface area (Å²) in [6, 6.07) is 15.8. The van der Waals surface area contributed by atoms with E-state index in [1.807, 2.05) is 63.2 Å². The predicted octanol–water partition coefficient (Wildman–Crippen LogP) is 5.12. The molecule has 162 valence electrons. The molecule has 4 nitrogen and oxygen atoms in total. The lowest BCUT2D eigenvalue weighted by Crippen LogP contribution is -2.49. The third kappa shape index (κ3) is 7.52. The first kappa shape index (κ1) is 24.0. The van der Waals surface area contributed by atoms with Crippen LogP contribution in [0.25, 0.3) is 0 Å². The summed E-state index contributed by atoms with van der Waals surface area (Å²) in [5, 5.41) is 3.01. The van der Waals surface area contributed by atoms with E-state index in [-0.39, 0.29) is 11.8 Å². The molecule has 0 aromatic heterocycles. The molecule has 0 aliphatic heterocycles. The van der Waals surface area contributed by atoms with Gasteiger partial charge in [0.15, 0.2) is 0 Å². The van der Waals surface area contributed by atoms with Crippen LogP contribution in [0.2, 0.25) is 0 Å². The monoisotopic (exact) mass is 426 g/mol. The second-order valence-electron chi connectivity index (χ2n) is 7.68. The summed E-state index contributed by atoms with van der Waals surface area (Å²) < 4.78 is 0. The zero-order chi connectivity index (χ0) is 21.9. The summed E-state index contributed by atoms with van der Waals surface area (Å²) in [5.74, 6) is 0.236. The Hall–Kier alpha value is -2.27. The number of carbonyl (C=O) groups excluding carboxylic acids is 2. The lowest BCUT2D eigenvalue weighted by Gasteiger charge is -2.30. The van der Waals surface area contributed by atoms with Crippen LogP contribution in [0.5, 0.6) is 0 Å². The van der Waals surface area contributed by atoms with Gasteiger partial charge in [-0.05, 0) is 44.4 Å². The Balaban J connectivity index is 2.16. The molecule has 2 rings (SSSR count). The highest BCUT2D eigenvalue weighted by atomic mass is 32.2. The van der Waals surface area contributed by atoms with Gasteiger partial charge in [0.2, 0.25) is 11.8 Å². The van der Waals surface area contributed by atoms with E-state index in [1.54, 1.807) is 4.90 Å². The minimum Gasteiger partial charge on any atom is -0.354 e. The van der Waals surface area contributed by atoms with Crippen LogP contribution in [0.3, 0.4) is 0 Å². The molecule has 1 atom stereocenters. The van der Waals surface area contributed by atoms with Crippen molar-refractivity contribution in [3.05, 3.63) is 65.2 Å². The summed E-state index contributed by atoms with van der Waals surface area (Å²) >= 11 is 1.52. The van der Waals surface area contributed by atoms with Gasteiger partial charge in [-0.2, -0.15) is 0 Å². The Morgan fingerprint density at radius 2 is 1.77 bits per heavy atom. The fraction of sp³-hybridized carbons (Fsp3) is 0.440. The van der Waals surface area contributed by atoms with E-state index in [1.165, 1.54) is 17.3 Å². The number of hydrogen-bond donors (Lipinski definition) is 1. The molecule has 1 N–H and O–H groups in total. The Bertz CT molecular complexity index is 820. The molecule has 0 aliphatic rings. The van der Waals surface area contributed by atoms with Crippen molar-refractivity contribution in [3.63, 3.8) is 0 Å². The third-order valence-corrected chi connectivity index (χ3v) is 6.03. The van der Waals surface area contributed by atoms with Crippen molar-refractivity contribution in [2.45, 2.75) is 64.4 Å². The molecule has 5 heteroatoms. The van der Waals surface area contributed by atoms with Crippen molar-refractivity contribution in [1.29, 1.82) is 0 Å². The normalized spacial score (nSPS) is 11.7. The molecule has 30 heavy (non-hydrogen) atoms. The van der Waals surface area contributed by atoms with E-state index in [0.29, 0.717) is 25.3 Å². The zero-order valence-electron chi connectivity index (χ0n) is 18.6. The van der Waals surface area contributed by atoms with Gasteiger partial charge in [-0.15, -0.1) is 11.8 Å². The molecular weight excluding hydrogens is 392 g/mol. The molecule has 0 saturated carbocycles. The summed E-state index contributed by atoms with van der Waals surface area (Å²) in [4.78, 5) is 28.9. The quantitative estimate of drug-likeness (QED) is 0.401. The third-order valence-electron chi connectivity index (χ3n) is 5.03. The second-order valence-corrected chi connectivity index (χ2v) is 8.73. The first-order valence-corrected chi connectivity index (χ1v) is 11.7. The van der Waals surface area contributed by atoms with Crippen molar-refractivity contribution in [2.75, 3.05) is 12.3 Å². The molecule has 0 heterocycles. The zero-order valence-corrected chi connectivity index (χ0v) is 19.4. The van der Waals surface area contributed by atoms with Crippen LogP contribution in [0.4, 0.5) is 0 Å². The number of carbonyl (C=O) groups is 2. The summed E-state index contributed by atoms with van der Waals surface area (Å²) in [6.45, 7) is 9.24. The Kier molecular flexibility index (Phi) is 9.95. The molecular formula is C25H34N2O2S. The van der Waals surface area contributed by atoms with Crippen molar-refractivity contribution >= 4 is 23.6 Å². The molecule has 0 radical (unpaired) electrons. The Morgan fingerprint density at radius 3 is 2.40 bits per heavy atom. The largest absolute Gasteiger partial charge is 0.354 e. The van der Waals surface area contributed by atoms with Gasteiger partial charge in [0.1, 0.15) is 6.04 Å². The first-order chi connectivity index (χ1) is 14.4. The van der Waals surface area contributed by atoms with Gasteiger partial charge in [0.05, 0.1) is 5.75 Å². The van der Waals surface area contributed by atoms with Gasteiger partial charge >= 0.3 is 0 Å².